The molecule has 7 aromatic carbocycles. The second-order valence-corrected chi connectivity index (χ2v) is 13.0. The highest BCUT2D eigenvalue weighted by atomic mass is 16.3. The van der Waals surface area contributed by atoms with E-state index in [9.17, 15) is 0 Å². The van der Waals surface area contributed by atoms with E-state index in [0.717, 1.165) is 88.4 Å². The van der Waals surface area contributed by atoms with Gasteiger partial charge in [0, 0.05) is 49.1 Å². The molecular weight excluding hydrogens is 625 g/mol. The summed E-state index contributed by atoms with van der Waals surface area (Å²) < 4.78 is 11.3. The molecule has 238 valence electrons. The molecule has 5 heteroatoms. The molecular formula is C46H28N4O. The van der Waals surface area contributed by atoms with Crippen molar-refractivity contribution in [1.82, 2.24) is 19.1 Å². The summed E-state index contributed by atoms with van der Waals surface area (Å²) in [7, 11) is 0. The van der Waals surface area contributed by atoms with Gasteiger partial charge in [0.05, 0.1) is 27.9 Å². The maximum atomic E-state index is 6.75. The maximum absolute atomic E-state index is 6.75. The molecule has 0 saturated heterocycles. The second-order valence-electron chi connectivity index (χ2n) is 13.0. The molecule has 11 aromatic rings. The summed E-state index contributed by atoms with van der Waals surface area (Å²) >= 11 is 0. The van der Waals surface area contributed by atoms with Crippen molar-refractivity contribution in [2.45, 2.75) is 0 Å². The Morgan fingerprint density at radius 2 is 0.941 bits per heavy atom. The van der Waals surface area contributed by atoms with Crippen LogP contribution >= 0.6 is 0 Å². The van der Waals surface area contributed by atoms with Gasteiger partial charge in [0.2, 0.25) is 5.95 Å². The summed E-state index contributed by atoms with van der Waals surface area (Å²) in [5, 5.41) is 6.69. The third-order valence-electron chi connectivity index (χ3n) is 10.1. The number of nitrogens with zero attached hydrogens (tertiary/aromatic N) is 4. The first-order valence-electron chi connectivity index (χ1n) is 17.2. The van der Waals surface area contributed by atoms with Crippen molar-refractivity contribution in [3.8, 4) is 34.2 Å². The van der Waals surface area contributed by atoms with Crippen LogP contribution in [0, 0.1) is 0 Å². The van der Waals surface area contributed by atoms with Gasteiger partial charge in [0.1, 0.15) is 11.1 Å². The number of para-hydroxylation sites is 3. The minimum atomic E-state index is 0.592. The van der Waals surface area contributed by atoms with Gasteiger partial charge in [0.25, 0.3) is 0 Å². The van der Waals surface area contributed by atoms with Crippen molar-refractivity contribution in [2.75, 3.05) is 0 Å². The van der Waals surface area contributed by atoms with Crippen molar-refractivity contribution in [1.29, 1.82) is 0 Å². The van der Waals surface area contributed by atoms with Crippen LogP contribution < -0.4 is 0 Å². The summed E-state index contributed by atoms with van der Waals surface area (Å²) in [6.07, 6.45) is 0. The van der Waals surface area contributed by atoms with Crippen molar-refractivity contribution >= 4 is 65.6 Å². The number of aromatic nitrogens is 4. The SMILES string of the molecule is c1ccc(-c2cc(-c3ccccc3)nc(-n3c4cc5c6ccccc6n(-c6ccccc6)c5cc4c4ccc5c6ccccc6oc5c43)n2)cc1. The van der Waals surface area contributed by atoms with Crippen molar-refractivity contribution in [2.24, 2.45) is 0 Å². The number of fused-ring (bicyclic) bond motifs is 10. The Hall–Kier alpha value is -6.98. The number of furan rings is 1. The lowest BCUT2D eigenvalue weighted by atomic mass is 10.1. The molecule has 0 N–H and O–H groups in total. The van der Waals surface area contributed by atoms with Gasteiger partial charge < -0.3 is 8.98 Å². The summed E-state index contributed by atoms with van der Waals surface area (Å²) in [5.41, 5.74) is 10.8. The van der Waals surface area contributed by atoms with Crippen LogP contribution in [-0.2, 0) is 0 Å². The molecule has 0 aliphatic carbocycles. The first-order valence-corrected chi connectivity index (χ1v) is 17.2. The maximum Gasteiger partial charge on any atom is 0.235 e. The Kier molecular flexibility index (Phi) is 5.89. The zero-order chi connectivity index (χ0) is 33.5. The fourth-order valence-electron chi connectivity index (χ4n) is 7.85. The highest BCUT2D eigenvalue weighted by Crippen LogP contribution is 2.43. The summed E-state index contributed by atoms with van der Waals surface area (Å²) in [4.78, 5) is 10.7. The van der Waals surface area contributed by atoms with E-state index >= 15 is 0 Å². The Morgan fingerprint density at radius 1 is 0.392 bits per heavy atom. The molecule has 0 radical (unpaired) electrons. The lowest BCUT2D eigenvalue weighted by Crippen LogP contribution is -2.04. The molecule has 0 unspecified atom stereocenters. The Balaban J connectivity index is 1.33. The van der Waals surface area contributed by atoms with Crippen LogP contribution in [-0.4, -0.2) is 19.1 Å². The molecule has 0 fully saturated rings. The molecule has 0 spiro atoms. The van der Waals surface area contributed by atoms with E-state index in [1.54, 1.807) is 0 Å². The van der Waals surface area contributed by atoms with Gasteiger partial charge in [-0.25, -0.2) is 9.97 Å². The van der Waals surface area contributed by atoms with E-state index in [2.05, 4.69) is 155 Å². The first kappa shape index (κ1) is 27.9. The van der Waals surface area contributed by atoms with Crippen molar-refractivity contribution < 1.29 is 4.42 Å². The molecule has 51 heavy (non-hydrogen) atoms. The van der Waals surface area contributed by atoms with Gasteiger partial charge in [-0.05, 0) is 48.5 Å². The third-order valence-corrected chi connectivity index (χ3v) is 10.1. The fourth-order valence-corrected chi connectivity index (χ4v) is 7.85. The molecule has 5 nitrogen and oxygen atoms in total. The normalized spacial score (nSPS) is 11.9. The molecule has 11 rings (SSSR count). The van der Waals surface area contributed by atoms with Crippen LogP contribution in [0.25, 0.3) is 99.7 Å². The van der Waals surface area contributed by atoms with Crippen molar-refractivity contribution in [3.05, 3.63) is 170 Å². The molecule has 0 aliphatic rings. The van der Waals surface area contributed by atoms with E-state index in [1.807, 2.05) is 24.3 Å². The van der Waals surface area contributed by atoms with Gasteiger partial charge >= 0.3 is 0 Å². The van der Waals surface area contributed by atoms with E-state index in [4.69, 9.17) is 14.4 Å². The van der Waals surface area contributed by atoms with Crippen LogP contribution in [0.4, 0.5) is 0 Å². The minimum absolute atomic E-state index is 0.592. The highest BCUT2D eigenvalue weighted by Gasteiger charge is 2.24. The monoisotopic (exact) mass is 652 g/mol. The molecule has 0 saturated carbocycles. The number of hydrogen-bond acceptors (Lipinski definition) is 3. The molecule has 0 aliphatic heterocycles. The first-order chi connectivity index (χ1) is 25.3. The van der Waals surface area contributed by atoms with Crippen LogP contribution in [0.5, 0.6) is 0 Å². The summed E-state index contributed by atoms with van der Waals surface area (Å²) in [6, 6.07) is 59.4. The van der Waals surface area contributed by atoms with Crippen LogP contribution in [0.1, 0.15) is 0 Å². The van der Waals surface area contributed by atoms with Crippen LogP contribution in [0.2, 0.25) is 0 Å². The number of hydrogen-bond donors (Lipinski definition) is 0. The zero-order valence-corrected chi connectivity index (χ0v) is 27.4. The molecule has 4 heterocycles. The van der Waals surface area contributed by atoms with E-state index in [0.29, 0.717) is 5.95 Å². The van der Waals surface area contributed by atoms with Crippen molar-refractivity contribution in [3.63, 3.8) is 0 Å². The van der Waals surface area contributed by atoms with E-state index < -0.39 is 0 Å². The third kappa shape index (κ3) is 4.15. The molecule has 0 bridgehead atoms. The van der Waals surface area contributed by atoms with Crippen LogP contribution in [0.15, 0.2) is 174 Å². The smallest absolute Gasteiger partial charge is 0.235 e. The largest absolute Gasteiger partial charge is 0.454 e. The number of rotatable bonds is 4. The lowest BCUT2D eigenvalue weighted by molar-refractivity contribution is 0.671. The van der Waals surface area contributed by atoms with E-state index in [1.165, 1.54) is 5.39 Å². The predicted molar refractivity (Wildman–Crippen MR) is 209 cm³/mol. The highest BCUT2D eigenvalue weighted by molar-refractivity contribution is 6.24. The Labute approximate surface area is 292 Å². The molecule has 4 aromatic heterocycles. The molecule has 0 amide bonds. The van der Waals surface area contributed by atoms with Gasteiger partial charge in [-0.3, -0.25) is 4.57 Å². The van der Waals surface area contributed by atoms with Crippen LogP contribution in [0.3, 0.4) is 0 Å². The number of benzene rings is 7. The summed E-state index contributed by atoms with van der Waals surface area (Å²) in [6.45, 7) is 0. The lowest BCUT2D eigenvalue weighted by Gasteiger charge is -2.12. The van der Waals surface area contributed by atoms with Gasteiger partial charge in [-0.1, -0.05) is 121 Å². The second kappa shape index (κ2) is 10.8. The minimum Gasteiger partial charge on any atom is -0.454 e. The zero-order valence-electron chi connectivity index (χ0n) is 27.4. The van der Waals surface area contributed by atoms with Gasteiger partial charge in [-0.15, -0.1) is 0 Å². The average molecular weight is 653 g/mol. The topological polar surface area (TPSA) is 48.8 Å². The Bertz CT molecular complexity index is 3060. The summed E-state index contributed by atoms with van der Waals surface area (Å²) in [5.74, 6) is 0.592. The Morgan fingerprint density at radius 3 is 1.65 bits per heavy atom. The average Bonchev–Trinajstić information content (AvgIpc) is 3.85. The van der Waals surface area contributed by atoms with Gasteiger partial charge in [0.15, 0.2) is 5.58 Å². The fraction of sp³-hybridized carbons (Fsp3) is 0. The molecule has 0 atom stereocenters. The van der Waals surface area contributed by atoms with E-state index in [-0.39, 0.29) is 0 Å². The predicted octanol–water partition coefficient (Wildman–Crippen LogP) is 11.9. The standard InChI is InChI=1S/C46H28N4O/c1-4-14-29(15-5-1)38-28-39(30-16-6-2-7-17-30)48-46(47-38)50-42-26-36-32-20-10-12-22-40(32)49(31-18-8-3-9-19-31)41(36)27-37(42)34-24-25-35-33-21-11-13-23-43(33)51-45(35)44(34)50/h1-28H. The van der Waals surface area contributed by atoms with Gasteiger partial charge in [-0.2, -0.15) is 0 Å². The quantitative estimate of drug-likeness (QED) is 0.190.